The minimum Gasteiger partial charge on any atom is -0.383 e. The molecule has 1 aliphatic heterocycles. The third-order valence-electron chi connectivity index (χ3n) is 1.80. The number of nitrogens with two attached hydrogens (primary N) is 1. The van der Waals surface area contributed by atoms with E-state index in [0.29, 0.717) is 16.1 Å². The smallest absolute Gasteiger partial charge is 0.279 e. The Balaban J connectivity index is 2.79. The maximum atomic E-state index is 11.2. The fourth-order valence-corrected chi connectivity index (χ4v) is 1.62. The van der Waals surface area contributed by atoms with E-state index in [4.69, 9.17) is 28.9 Å². The Morgan fingerprint density at radius 2 is 2.00 bits per heavy atom. The lowest BCUT2D eigenvalue weighted by atomic mass is 10.1. The van der Waals surface area contributed by atoms with Crippen LogP contribution >= 0.6 is 23.2 Å². The molecule has 0 bridgehead atoms. The summed E-state index contributed by atoms with van der Waals surface area (Å²) < 4.78 is 0. The largest absolute Gasteiger partial charge is 0.383 e. The Hall–Kier alpha value is -1.06. The van der Waals surface area contributed by atoms with E-state index in [1.165, 1.54) is 0 Å². The van der Waals surface area contributed by atoms with Crippen LogP contribution in [0, 0.1) is 0 Å². The van der Waals surface area contributed by atoms with Gasteiger partial charge in [-0.1, -0.05) is 23.2 Å². The number of amidine groups is 1. The Morgan fingerprint density at radius 3 is 2.69 bits per heavy atom. The van der Waals surface area contributed by atoms with Crippen molar-refractivity contribution in [2.75, 3.05) is 0 Å². The first kappa shape index (κ1) is 8.53. The maximum absolute atomic E-state index is 11.2. The van der Waals surface area contributed by atoms with Crippen molar-refractivity contribution in [2.24, 2.45) is 10.7 Å². The van der Waals surface area contributed by atoms with Gasteiger partial charge in [0.2, 0.25) is 0 Å². The molecule has 0 unspecified atom stereocenters. The summed E-state index contributed by atoms with van der Waals surface area (Å²) in [5.41, 5.74) is 6.35. The SMILES string of the molecule is NC1=NC(=O)c2ccc(Cl)c(Cl)c21. The molecule has 1 heterocycles. The molecule has 1 aliphatic rings. The van der Waals surface area contributed by atoms with Crippen LogP contribution in [0.3, 0.4) is 0 Å². The van der Waals surface area contributed by atoms with Gasteiger partial charge in [0.15, 0.2) is 0 Å². The number of fused-ring (bicyclic) bond motifs is 1. The maximum Gasteiger partial charge on any atom is 0.279 e. The summed E-state index contributed by atoms with van der Waals surface area (Å²) in [6, 6.07) is 3.12. The zero-order valence-electron chi connectivity index (χ0n) is 6.34. The fraction of sp³-hybridized carbons (Fsp3) is 0. The molecule has 0 saturated carbocycles. The van der Waals surface area contributed by atoms with E-state index in [1.54, 1.807) is 12.1 Å². The number of amides is 1. The lowest BCUT2D eigenvalue weighted by Crippen LogP contribution is -2.11. The number of carbonyl (C=O) groups is 1. The lowest BCUT2D eigenvalue weighted by Gasteiger charge is -2.02. The molecule has 2 rings (SSSR count). The summed E-state index contributed by atoms with van der Waals surface area (Å²) in [5, 5.41) is 0.652. The minimum absolute atomic E-state index is 0.132. The summed E-state index contributed by atoms with van der Waals surface area (Å²) in [6.07, 6.45) is 0. The molecule has 1 aromatic carbocycles. The molecule has 0 spiro atoms. The summed E-state index contributed by atoms with van der Waals surface area (Å²) in [4.78, 5) is 14.7. The molecular formula is C8H4Cl2N2O. The molecule has 3 nitrogen and oxygen atoms in total. The monoisotopic (exact) mass is 214 g/mol. The van der Waals surface area contributed by atoms with Crippen molar-refractivity contribution in [1.29, 1.82) is 0 Å². The average molecular weight is 215 g/mol. The highest BCUT2D eigenvalue weighted by atomic mass is 35.5. The highest BCUT2D eigenvalue weighted by molar-refractivity contribution is 6.45. The molecule has 0 fully saturated rings. The second kappa shape index (κ2) is 2.72. The summed E-state index contributed by atoms with van der Waals surface area (Å²) in [6.45, 7) is 0. The molecule has 66 valence electrons. The van der Waals surface area contributed by atoms with Crippen molar-refractivity contribution < 1.29 is 4.79 Å². The van der Waals surface area contributed by atoms with Crippen LogP contribution in [0.15, 0.2) is 17.1 Å². The number of hydrogen-bond acceptors (Lipinski definition) is 2. The quantitative estimate of drug-likeness (QED) is 0.717. The molecule has 1 amide bonds. The van der Waals surface area contributed by atoms with Gasteiger partial charge in [0, 0.05) is 5.56 Å². The van der Waals surface area contributed by atoms with Crippen molar-refractivity contribution in [2.45, 2.75) is 0 Å². The summed E-state index contributed by atoms with van der Waals surface area (Å²) in [5.74, 6) is -0.237. The van der Waals surface area contributed by atoms with Crippen molar-refractivity contribution >= 4 is 34.9 Å². The Bertz CT molecular complexity index is 440. The predicted octanol–water partition coefficient (Wildman–Crippen LogP) is 1.85. The molecule has 0 aliphatic carbocycles. The van der Waals surface area contributed by atoms with Gasteiger partial charge >= 0.3 is 0 Å². The second-order valence-corrected chi connectivity index (χ2v) is 3.37. The third kappa shape index (κ3) is 1.12. The van der Waals surface area contributed by atoms with E-state index in [1.807, 2.05) is 0 Å². The molecule has 5 heteroatoms. The van der Waals surface area contributed by atoms with Crippen LogP contribution in [0.1, 0.15) is 15.9 Å². The van der Waals surface area contributed by atoms with Gasteiger partial charge in [0.25, 0.3) is 5.91 Å². The minimum atomic E-state index is -0.369. The zero-order chi connectivity index (χ0) is 9.59. The van der Waals surface area contributed by atoms with Crippen LogP contribution < -0.4 is 5.73 Å². The molecule has 0 radical (unpaired) electrons. The lowest BCUT2D eigenvalue weighted by molar-refractivity contribution is 0.101. The zero-order valence-corrected chi connectivity index (χ0v) is 7.86. The number of nitrogens with zero attached hydrogens (tertiary/aromatic N) is 1. The summed E-state index contributed by atoms with van der Waals surface area (Å²) >= 11 is 11.6. The Labute approximate surface area is 84.2 Å². The number of hydrogen-bond donors (Lipinski definition) is 1. The van der Waals surface area contributed by atoms with E-state index in [-0.39, 0.29) is 16.8 Å². The van der Waals surface area contributed by atoms with Gasteiger partial charge in [-0.25, -0.2) is 0 Å². The van der Waals surface area contributed by atoms with Crippen LogP contribution in [0.25, 0.3) is 0 Å². The van der Waals surface area contributed by atoms with Crippen molar-refractivity contribution in [1.82, 2.24) is 0 Å². The molecule has 0 atom stereocenters. The number of carbonyl (C=O) groups excluding carboxylic acids is 1. The first-order valence-electron chi connectivity index (χ1n) is 3.48. The Morgan fingerprint density at radius 1 is 1.31 bits per heavy atom. The van der Waals surface area contributed by atoms with Crippen LogP contribution in [0.5, 0.6) is 0 Å². The van der Waals surface area contributed by atoms with Crippen LogP contribution in [-0.2, 0) is 0 Å². The molecule has 1 aromatic rings. The second-order valence-electron chi connectivity index (χ2n) is 2.59. The van der Waals surface area contributed by atoms with E-state index in [9.17, 15) is 4.79 Å². The van der Waals surface area contributed by atoms with Crippen molar-refractivity contribution in [3.8, 4) is 0 Å². The first-order chi connectivity index (χ1) is 6.11. The number of rotatable bonds is 0. The summed E-state index contributed by atoms with van der Waals surface area (Å²) in [7, 11) is 0. The molecule has 13 heavy (non-hydrogen) atoms. The number of halogens is 2. The molecular weight excluding hydrogens is 211 g/mol. The van der Waals surface area contributed by atoms with E-state index >= 15 is 0 Å². The number of benzene rings is 1. The van der Waals surface area contributed by atoms with Gasteiger partial charge in [0.05, 0.1) is 15.6 Å². The normalized spacial score (nSPS) is 14.3. The average Bonchev–Trinajstić information content (AvgIpc) is 2.35. The van der Waals surface area contributed by atoms with Crippen molar-refractivity contribution in [3.63, 3.8) is 0 Å². The molecule has 2 N–H and O–H groups in total. The van der Waals surface area contributed by atoms with Gasteiger partial charge < -0.3 is 5.73 Å². The van der Waals surface area contributed by atoms with Gasteiger partial charge in [-0.3, -0.25) is 4.79 Å². The standard InChI is InChI=1S/C8H4Cl2N2O/c9-4-2-1-3-5(6(4)10)7(11)12-8(3)13/h1-2H,(H2,11,12,13). The third-order valence-corrected chi connectivity index (χ3v) is 2.61. The molecule has 0 saturated heterocycles. The van der Waals surface area contributed by atoms with Gasteiger partial charge in [-0.15, -0.1) is 0 Å². The van der Waals surface area contributed by atoms with E-state index < -0.39 is 0 Å². The fourth-order valence-electron chi connectivity index (χ4n) is 1.20. The van der Waals surface area contributed by atoms with Crippen molar-refractivity contribution in [3.05, 3.63) is 33.3 Å². The van der Waals surface area contributed by atoms with Gasteiger partial charge in [-0.05, 0) is 12.1 Å². The predicted molar refractivity (Wildman–Crippen MR) is 51.5 cm³/mol. The van der Waals surface area contributed by atoms with Gasteiger partial charge in [0.1, 0.15) is 5.84 Å². The highest BCUT2D eigenvalue weighted by Gasteiger charge is 2.24. The molecule has 0 aromatic heterocycles. The number of aliphatic imine (C=N–C) groups is 1. The van der Waals surface area contributed by atoms with Gasteiger partial charge in [-0.2, -0.15) is 4.99 Å². The van der Waals surface area contributed by atoms with E-state index in [0.717, 1.165) is 0 Å². The highest BCUT2D eigenvalue weighted by Crippen LogP contribution is 2.31. The van der Waals surface area contributed by atoms with Crippen LogP contribution in [0.4, 0.5) is 0 Å². The topological polar surface area (TPSA) is 55.4 Å². The first-order valence-corrected chi connectivity index (χ1v) is 4.23. The Kier molecular flexibility index (Phi) is 1.78. The van der Waals surface area contributed by atoms with E-state index in [2.05, 4.69) is 4.99 Å². The van der Waals surface area contributed by atoms with Crippen LogP contribution in [-0.4, -0.2) is 11.7 Å². The van der Waals surface area contributed by atoms with Crippen LogP contribution in [0.2, 0.25) is 10.0 Å².